The molecule has 2 heterocycles. The lowest BCUT2D eigenvalue weighted by Gasteiger charge is -2.24. The van der Waals surface area contributed by atoms with Crippen LogP contribution in [0.5, 0.6) is 0 Å². The summed E-state index contributed by atoms with van der Waals surface area (Å²) in [4.78, 5) is 15.9. The third-order valence-electron chi connectivity index (χ3n) is 4.59. The smallest absolute Gasteiger partial charge is 0.232 e. The van der Waals surface area contributed by atoms with Gasteiger partial charge in [0.05, 0.1) is 5.69 Å². The lowest BCUT2D eigenvalue weighted by Crippen LogP contribution is -2.21. The monoisotopic (exact) mass is 413 g/mol. The molecule has 0 bridgehead atoms. The maximum Gasteiger partial charge on any atom is 0.232 e. The van der Waals surface area contributed by atoms with E-state index in [1.165, 1.54) is 5.56 Å². The predicted octanol–water partition coefficient (Wildman–Crippen LogP) is 5.32. The van der Waals surface area contributed by atoms with Crippen molar-refractivity contribution in [2.24, 2.45) is 0 Å². The Balaban J connectivity index is 2.09. The van der Waals surface area contributed by atoms with Crippen LogP contribution in [-0.4, -0.2) is 26.1 Å². The molecule has 0 unspecified atom stereocenters. The molecule has 0 aliphatic heterocycles. The summed E-state index contributed by atoms with van der Waals surface area (Å²) in [5.74, 6) is 2.04. The Kier molecular flexibility index (Phi) is 5.41. The molecule has 6 heteroatoms. The first kappa shape index (κ1) is 18.6. The molecule has 0 atom stereocenters. The average Bonchev–Trinajstić information content (AvgIpc) is 3.14. The summed E-state index contributed by atoms with van der Waals surface area (Å²) in [6, 6.07) is 6.49. The number of aromatic nitrogens is 4. The normalized spacial score (nSPS) is 11.2. The van der Waals surface area contributed by atoms with E-state index in [9.17, 15) is 0 Å². The summed E-state index contributed by atoms with van der Waals surface area (Å²) < 4.78 is 2.98. The first-order chi connectivity index (χ1) is 12.4. The van der Waals surface area contributed by atoms with E-state index in [4.69, 9.17) is 9.97 Å². The zero-order chi connectivity index (χ0) is 18.8. The average molecular weight is 414 g/mol. The largest absolute Gasteiger partial charge is 0.310 e. The molecular weight excluding hydrogens is 390 g/mol. The van der Waals surface area contributed by atoms with Gasteiger partial charge < -0.3 is 4.90 Å². The van der Waals surface area contributed by atoms with Gasteiger partial charge in [0.25, 0.3) is 0 Å². The molecule has 0 N–H and O–H groups in total. The summed E-state index contributed by atoms with van der Waals surface area (Å²) in [5.41, 5.74) is 4.39. The number of rotatable bonds is 5. The molecule has 3 rings (SSSR count). The standard InChI is InChI=1S/C20H24BrN5/c1-6-26(18-8-7-16(13(2)3)11-17(18)21)20-23-15(5)14(4)19(24-20)25-10-9-22-12-25/h7-13H,6H2,1-5H3. The molecule has 0 saturated heterocycles. The van der Waals surface area contributed by atoms with E-state index in [0.717, 1.165) is 33.8 Å². The lowest BCUT2D eigenvalue weighted by atomic mass is 10.0. The minimum absolute atomic E-state index is 0.487. The zero-order valence-electron chi connectivity index (χ0n) is 15.9. The molecule has 136 valence electrons. The van der Waals surface area contributed by atoms with Crippen LogP contribution in [0, 0.1) is 13.8 Å². The Labute approximate surface area is 163 Å². The van der Waals surface area contributed by atoms with Crippen molar-refractivity contribution >= 4 is 27.6 Å². The van der Waals surface area contributed by atoms with E-state index in [1.54, 1.807) is 12.5 Å². The van der Waals surface area contributed by atoms with Gasteiger partial charge in [0.2, 0.25) is 5.95 Å². The number of aryl methyl sites for hydroxylation is 1. The number of hydrogen-bond donors (Lipinski definition) is 0. The Morgan fingerprint density at radius 3 is 2.54 bits per heavy atom. The molecular formula is C20H24BrN5. The van der Waals surface area contributed by atoms with Crippen molar-refractivity contribution in [3.8, 4) is 5.82 Å². The number of imidazole rings is 1. The van der Waals surface area contributed by atoms with Crippen LogP contribution < -0.4 is 4.90 Å². The summed E-state index contributed by atoms with van der Waals surface area (Å²) in [6.45, 7) is 11.3. The van der Waals surface area contributed by atoms with Crippen LogP contribution >= 0.6 is 15.9 Å². The second-order valence-corrected chi connectivity index (χ2v) is 7.49. The van der Waals surface area contributed by atoms with Crippen LogP contribution in [0.25, 0.3) is 5.82 Å². The van der Waals surface area contributed by atoms with Crippen molar-refractivity contribution in [3.63, 3.8) is 0 Å². The van der Waals surface area contributed by atoms with Crippen molar-refractivity contribution in [2.45, 2.75) is 40.5 Å². The summed E-state index contributed by atoms with van der Waals surface area (Å²) in [6.07, 6.45) is 5.43. The van der Waals surface area contributed by atoms with Gasteiger partial charge in [-0.25, -0.2) is 9.97 Å². The molecule has 5 nitrogen and oxygen atoms in total. The zero-order valence-corrected chi connectivity index (χ0v) is 17.4. The van der Waals surface area contributed by atoms with Gasteiger partial charge in [-0.2, -0.15) is 4.98 Å². The SMILES string of the molecule is CCN(c1nc(C)c(C)c(-n2ccnc2)n1)c1ccc(C(C)C)cc1Br. The minimum atomic E-state index is 0.487. The quantitative estimate of drug-likeness (QED) is 0.567. The van der Waals surface area contributed by atoms with Gasteiger partial charge in [0.1, 0.15) is 12.1 Å². The fourth-order valence-electron chi connectivity index (χ4n) is 2.88. The summed E-state index contributed by atoms with van der Waals surface area (Å²) >= 11 is 3.73. The number of nitrogens with zero attached hydrogens (tertiary/aromatic N) is 5. The highest BCUT2D eigenvalue weighted by molar-refractivity contribution is 9.10. The first-order valence-electron chi connectivity index (χ1n) is 8.83. The van der Waals surface area contributed by atoms with Crippen molar-refractivity contribution in [1.82, 2.24) is 19.5 Å². The molecule has 0 fully saturated rings. The highest BCUT2D eigenvalue weighted by atomic mass is 79.9. The van der Waals surface area contributed by atoms with E-state index >= 15 is 0 Å². The maximum absolute atomic E-state index is 4.84. The van der Waals surface area contributed by atoms with E-state index in [-0.39, 0.29) is 0 Å². The molecule has 0 radical (unpaired) electrons. The molecule has 0 aliphatic carbocycles. The Morgan fingerprint density at radius 1 is 1.19 bits per heavy atom. The van der Waals surface area contributed by atoms with Crippen LogP contribution in [0.1, 0.15) is 43.5 Å². The molecule has 0 aliphatic rings. The van der Waals surface area contributed by atoms with E-state index in [2.05, 4.69) is 64.8 Å². The van der Waals surface area contributed by atoms with Crippen molar-refractivity contribution < 1.29 is 0 Å². The number of anilines is 2. The first-order valence-corrected chi connectivity index (χ1v) is 9.62. The van der Waals surface area contributed by atoms with Gasteiger partial charge in [0, 0.05) is 34.7 Å². The topological polar surface area (TPSA) is 46.8 Å². The van der Waals surface area contributed by atoms with Gasteiger partial charge in [-0.3, -0.25) is 4.57 Å². The van der Waals surface area contributed by atoms with Gasteiger partial charge in [-0.05, 0) is 60.3 Å². The van der Waals surface area contributed by atoms with Crippen molar-refractivity contribution in [3.05, 3.63) is 58.2 Å². The summed E-state index contributed by atoms with van der Waals surface area (Å²) in [5, 5.41) is 0. The van der Waals surface area contributed by atoms with Crippen LogP contribution in [0.3, 0.4) is 0 Å². The fraction of sp³-hybridized carbons (Fsp3) is 0.350. The highest BCUT2D eigenvalue weighted by Crippen LogP contribution is 2.33. The molecule has 3 aromatic rings. The Morgan fingerprint density at radius 2 is 1.96 bits per heavy atom. The fourth-order valence-corrected chi connectivity index (χ4v) is 3.49. The third kappa shape index (κ3) is 3.51. The molecule has 1 aromatic carbocycles. The molecule has 2 aromatic heterocycles. The van der Waals surface area contributed by atoms with E-state index < -0.39 is 0 Å². The lowest BCUT2D eigenvalue weighted by molar-refractivity contribution is 0.860. The molecule has 0 saturated carbocycles. The molecule has 26 heavy (non-hydrogen) atoms. The number of halogens is 1. The minimum Gasteiger partial charge on any atom is -0.310 e. The van der Waals surface area contributed by atoms with Gasteiger partial charge in [-0.15, -0.1) is 0 Å². The second-order valence-electron chi connectivity index (χ2n) is 6.64. The second kappa shape index (κ2) is 7.58. The maximum atomic E-state index is 4.84. The van der Waals surface area contributed by atoms with Crippen molar-refractivity contribution in [2.75, 3.05) is 11.4 Å². The Bertz CT molecular complexity index is 903. The van der Waals surface area contributed by atoms with Crippen LogP contribution in [0.15, 0.2) is 41.4 Å². The van der Waals surface area contributed by atoms with Gasteiger partial charge >= 0.3 is 0 Å². The van der Waals surface area contributed by atoms with Gasteiger partial charge in [-0.1, -0.05) is 19.9 Å². The number of benzene rings is 1. The predicted molar refractivity (Wildman–Crippen MR) is 110 cm³/mol. The highest BCUT2D eigenvalue weighted by Gasteiger charge is 2.18. The summed E-state index contributed by atoms with van der Waals surface area (Å²) in [7, 11) is 0. The Hall–Kier alpha value is -2.21. The third-order valence-corrected chi connectivity index (χ3v) is 5.22. The van der Waals surface area contributed by atoms with Gasteiger partial charge in [0.15, 0.2) is 0 Å². The van der Waals surface area contributed by atoms with Crippen LogP contribution in [-0.2, 0) is 0 Å². The molecule has 0 spiro atoms. The van der Waals surface area contributed by atoms with E-state index in [0.29, 0.717) is 11.9 Å². The van der Waals surface area contributed by atoms with Crippen LogP contribution in [0.4, 0.5) is 11.6 Å². The molecule has 0 amide bonds. The number of hydrogen-bond acceptors (Lipinski definition) is 4. The van der Waals surface area contributed by atoms with Crippen LogP contribution in [0.2, 0.25) is 0 Å². The van der Waals surface area contributed by atoms with Crippen molar-refractivity contribution in [1.29, 1.82) is 0 Å². The van der Waals surface area contributed by atoms with E-state index in [1.807, 2.05) is 24.6 Å².